The maximum Gasteiger partial charge on any atom is 0.393 e. The molecule has 16 heavy (non-hydrogen) atoms. The summed E-state index contributed by atoms with van der Waals surface area (Å²) in [6.45, 7) is -0.131. The molecule has 1 heterocycles. The average Bonchev–Trinajstić information content (AvgIpc) is 2.29. The molecule has 2 rings (SSSR count). The lowest BCUT2D eigenvalue weighted by Gasteiger charge is -2.23. The van der Waals surface area contributed by atoms with Gasteiger partial charge in [-0.2, -0.15) is 13.2 Å². The first-order chi connectivity index (χ1) is 7.57. The molecule has 1 atom stereocenters. The number of aliphatic imine (C=N–C) groups is 1. The predicted octanol–water partition coefficient (Wildman–Crippen LogP) is 3.45. The van der Waals surface area contributed by atoms with Crippen molar-refractivity contribution >= 4 is 5.71 Å². The molecular weight excluding hydrogens is 215 g/mol. The highest BCUT2D eigenvalue weighted by Gasteiger charge is 2.40. The normalized spacial score (nSPS) is 21.7. The second-order valence-electron chi connectivity index (χ2n) is 3.93. The van der Waals surface area contributed by atoms with Gasteiger partial charge in [0.15, 0.2) is 0 Å². The van der Waals surface area contributed by atoms with Crippen molar-refractivity contribution in [1.29, 1.82) is 0 Å². The smallest absolute Gasteiger partial charge is 0.289 e. The number of nitrogens with zero attached hydrogens (tertiary/aromatic N) is 1. The van der Waals surface area contributed by atoms with E-state index in [0.717, 1.165) is 11.3 Å². The molecule has 86 valence electrons. The quantitative estimate of drug-likeness (QED) is 0.696. The highest BCUT2D eigenvalue weighted by atomic mass is 19.4. The van der Waals surface area contributed by atoms with Gasteiger partial charge in [-0.25, -0.2) is 0 Å². The van der Waals surface area contributed by atoms with Crippen LogP contribution in [-0.4, -0.2) is 18.4 Å². The number of alkyl halides is 3. The van der Waals surface area contributed by atoms with Gasteiger partial charge in [0.25, 0.3) is 0 Å². The fraction of sp³-hybridized carbons (Fsp3) is 0.417. The van der Waals surface area contributed by atoms with E-state index in [9.17, 15) is 13.2 Å². The zero-order valence-electron chi connectivity index (χ0n) is 8.67. The molecule has 0 radical (unpaired) electrons. The van der Waals surface area contributed by atoms with Crippen molar-refractivity contribution in [1.82, 2.24) is 0 Å². The van der Waals surface area contributed by atoms with Gasteiger partial charge in [-0.15, -0.1) is 0 Å². The monoisotopic (exact) mass is 227 g/mol. The predicted molar refractivity (Wildman–Crippen MR) is 56.6 cm³/mol. The lowest BCUT2D eigenvalue weighted by Crippen LogP contribution is -2.29. The van der Waals surface area contributed by atoms with Gasteiger partial charge in [-0.1, -0.05) is 30.3 Å². The Morgan fingerprint density at radius 2 is 1.81 bits per heavy atom. The fourth-order valence-corrected chi connectivity index (χ4v) is 1.84. The summed E-state index contributed by atoms with van der Waals surface area (Å²) >= 11 is 0. The Morgan fingerprint density at radius 1 is 1.12 bits per heavy atom. The SMILES string of the molecule is FC(F)(F)C1CCC(c2ccccc2)=NC1. The average molecular weight is 227 g/mol. The lowest BCUT2D eigenvalue weighted by molar-refractivity contribution is -0.173. The lowest BCUT2D eigenvalue weighted by atomic mass is 9.94. The Hall–Kier alpha value is -1.32. The Bertz CT molecular complexity index is 381. The molecule has 1 aromatic rings. The van der Waals surface area contributed by atoms with Gasteiger partial charge in [-0.3, -0.25) is 4.99 Å². The standard InChI is InChI=1S/C12H12F3N/c13-12(14,15)10-6-7-11(16-8-10)9-4-2-1-3-5-9/h1-5,10H,6-8H2. The third-order valence-corrected chi connectivity index (χ3v) is 2.80. The number of rotatable bonds is 1. The fourth-order valence-electron chi connectivity index (χ4n) is 1.84. The maximum absolute atomic E-state index is 12.4. The molecule has 1 aliphatic rings. The van der Waals surface area contributed by atoms with Crippen LogP contribution >= 0.6 is 0 Å². The van der Waals surface area contributed by atoms with Crippen LogP contribution in [0.4, 0.5) is 13.2 Å². The summed E-state index contributed by atoms with van der Waals surface area (Å²) in [5.74, 6) is -1.26. The minimum Gasteiger partial charge on any atom is -0.289 e. The largest absolute Gasteiger partial charge is 0.393 e. The highest BCUT2D eigenvalue weighted by molar-refractivity contribution is 6.00. The summed E-state index contributed by atoms with van der Waals surface area (Å²) in [5, 5.41) is 0. The molecule has 1 aromatic carbocycles. The summed E-state index contributed by atoms with van der Waals surface area (Å²) < 4.78 is 37.2. The minimum atomic E-state index is -4.11. The van der Waals surface area contributed by atoms with Gasteiger partial charge >= 0.3 is 6.18 Å². The first-order valence-corrected chi connectivity index (χ1v) is 5.23. The van der Waals surface area contributed by atoms with E-state index in [1.165, 1.54) is 0 Å². The molecule has 0 bridgehead atoms. The Balaban J connectivity index is 2.10. The maximum atomic E-state index is 12.4. The van der Waals surface area contributed by atoms with Crippen molar-refractivity contribution in [3.63, 3.8) is 0 Å². The second kappa shape index (κ2) is 4.28. The molecule has 0 aromatic heterocycles. The second-order valence-corrected chi connectivity index (χ2v) is 3.93. The Morgan fingerprint density at radius 3 is 2.31 bits per heavy atom. The third-order valence-electron chi connectivity index (χ3n) is 2.80. The van der Waals surface area contributed by atoms with E-state index in [4.69, 9.17) is 0 Å². The summed E-state index contributed by atoms with van der Waals surface area (Å²) in [4.78, 5) is 4.04. The molecule has 0 aliphatic carbocycles. The molecule has 0 saturated carbocycles. The van der Waals surface area contributed by atoms with Crippen LogP contribution in [0.1, 0.15) is 18.4 Å². The summed E-state index contributed by atoms with van der Waals surface area (Å²) in [5.41, 5.74) is 1.73. The van der Waals surface area contributed by atoms with E-state index in [1.54, 1.807) is 0 Å². The molecular formula is C12H12F3N. The van der Waals surface area contributed by atoms with Gasteiger partial charge in [0, 0.05) is 5.71 Å². The molecule has 0 amide bonds. The first kappa shape index (κ1) is 11.2. The summed E-state index contributed by atoms with van der Waals surface area (Å²) in [6.07, 6.45) is -3.54. The van der Waals surface area contributed by atoms with Gasteiger partial charge < -0.3 is 0 Å². The number of benzene rings is 1. The number of hydrogen-bond acceptors (Lipinski definition) is 1. The summed E-state index contributed by atoms with van der Waals surface area (Å²) in [6, 6.07) is 9.38. The molecule has 0 spiro atoms. The van der Waals surface area contributed by atoms with Crippen molar-refractivity contribution in [3.8, 4) is 0 Å². The minimum absolute atomic E-state index is 0.131. The van der Waals surface area contributed by atoms with E-state index in [-0.39, 0.29) is 13.0 Å². The van der Waals surface area contributed by atoms with Crippen molar-refractivity contribution in [2.24, 2.45) is 10.9 Å². The van der Waals surface area contributed by atoms with Crippen LogP contribution < -0.4 is 0 Å². The molecule has 0 N–H and O–H groups in total. The zero-order valence-corrected chi connectivity index (χ0v) is 8.67. The Kier molecular flexibility index (Phi) is 2.99. The van der Waals surface area contributed by atoms with Crippen LogP contribution in [0.25, 0.3) is 0 Å². The van der Waals surface area contributed by atoms with Crippen molar-refractivity contribution in [2.75, 3.05) is 6.54 Å². The molecule has 1 nitrogen and oxygen atoms in total. The van der Waals surface area contributed by atoms with Crippen LogP contribution in [0.2, 0.25) is 0 Å². The van der Waals surface area contributed by atoms with Crippen LogP contribution in [0.3, 0.4) is 0 Å². The van der Waals surface area contributed by atoms with E-state index in [1.807, 2.05) is 30.3 Å². The van der Waals surface area contributed by atoms with Crippen LogP contribution in [0.15, 0.2) is 35.3 Å². The number of hydrogen-bond donors (Lipinski definition) is 0. The molecule has 0 saturated heterocycles. The molecule has 1 unspecified atom stereocenters. The third kappa shape index (κ3) is 2.43. The molecule has 1 aliphatic heterocycles. The summed E-state index contributed by atoms with van der Waals surface area (Å²) in [7, 11) is 0. The van der Waals surface area contributed by atoms with Crippen LogP contribution in [0.5, 0.6) is 0 Å². The van der Waals surface area contributed by atoms with Gasteiger partial charge in [0.2, 0.25) is 0 Å². The Labute approximate surface area is 92.0 Å². The number of halogens is 3. The van der Waals surface area contributed by atoms with Gasteiger partial charge in [0.05, 0.1) is 12.5 Å². The van der Waals surface area contributed by atoms with Gasteiger partial charge in [0.1, 0.15) is 0 Å². The van der Waals surface area contributed by atoms with E-state index >= 15 is 0 Å². The van der Waals surface area contributed by atoms with Crippen LogP contribution in [-0.2, 0) is 0 Å². The zero-order chi connectivity index (χ0) is 11.6. The molecule has 0 fully saturated rings. The van der Waals surface area contributed by atoms with E-state index in [2.05, 4.69) is 4.99 Å². The van der Waals surface area contributed by atoms with Crippen molar-refractivity contribution in [3.05, 3.63) is 35.9 Å². The highest BCUT2D eigenvalue weighted by Crippen LogP contribution is 2.32. The van der Waals surface area contributed by atoms with E-state index < -0.39 is 12.1 Å². The van der Waals surface area contributed by atoms with Gasteiger partial charge in [-0.05, 0) is 18.4 Å². The first-order valence-electron chi connectivity index (χ1n) is 5.23. The van der Waals surface area contributed by atoms with Crippen molar-refractivity contribution < 1.29 is 13.2 Å². The van der Waals surface area contributed by atoms with E-state index in [0.29, 0.717) is 6.42 Å². The topological polar surface area (TPSA) is 12.4 Å². The van der Waals surface area contributed by atoms with Crippen molar-refractivity contribution in [2.45, 2.75) is 19.0 Å². The van der Waals surface area contributed by atoms with Crippen LogP contribution in [0, 0.1) is 5.92 Å². The molecule has 4 heteroatoms.